The van der Waals surface area contributed by atoms with Crippen LogP contribution in [0.2, 0.25) is 0 Å². The number of carbonyl (C=O) groups excluding carboxylic acids is 1. The van der Waals surface area contributed by atoms with Crippen molar-refractivity contribution in [1.82, 2.24) is 15.2 Å². The van der Waals surface area contributed by atoms with Crippen LogP contribution in [0.25, 0.3) is 11.3 Å². The number of halogens is 1. The first-order valence-electron chi connectivity index (χ1n) is 11.0. The Morgan fingerprint density at radius 2 is 1.81 bits per heavy atom. The number of carbonyl (C=O) groups is 1. The quantitative estimate of drug-likeness (QED) is 0.642. The van der Waals surface area contributed by atoms with E-state index >= 15 is 0 Å². The molecule has 5 nitrogen and oxygen atoms in total. The molecule has 0 radical (unpaired) electrons. The van der Waals surface area contributed by atoms with E-state index in [0.717, 1.165) is 48.7 Å². The molecule has 1 amide bonds. The molecule has 32 heavy (non-hydrogen) atoms. The van der Waals surface area contributed by atoms with E-state index in [1.54, 1.807) is 30.3 Å². The summed E-state index contributed by atoms with van der Waals surface area (Å²) < 4.78 is 13.1. The van der Waals surface area contributed by atoms with Crippen LogP contribution in [0, 0.1) is 5.82 Å². The van der Waals surface area contributed by atoms with E-state index in [0.29, 0.717) is 6.04 Å². The van der Waals surface area contributed by atoms with Crippen LogP contribution in [0.4, 0.5) is 10.1 Å². The molecule has 1 saturated heterocycles. The molecule has 1 aliphatic rings. The Labute approximate surface area is 188 Å². The average molecular weight is 433 g/mol. The normalized spacial score (nSPS) is 16.7. The first-order chi connectivity index (χ1) is 15.5. The van der Waals surface area contributed by atoms with Gasteiger partial charge < -0.3 is 10.2 Å². The molecule has 166 valence electrons. The molecular formula is C26H29FN4O. The minimum Gasteiger partial charge on any atom is -0.315 e. The topological polar surface area (TPSA) is 48.5 Å². The zero-order valence-corrected chi connectivity index (χ0v) is 18.6. The van der Waals surface area contributed by atoms with E-state index in [1.807, 2.05) is 24.3 Å². The van der Waals surface area contributed by atoms with Crippen LogP contribution in [-0.2, 0) is 17.8 Å². The smallest absolute Gasteiger partial charge is 0.231 e. The molecule has 0 aliphatic carbocycles. The van der Waals surface area contributed by atoms with Crippen LogP contribution in [-0.4, -0.2) is 48.5 Å². The van der Waals surface area contributed by atoms with Gasteiger partial charge in [0.15, 0.2) is 0 Å². The summed E-state index contributed by atoms with van der Waals surface area (Å²) in [6, 6.07) is 18.7. The predicted octanol–water partition coefficient (Wildman–Crippen LogP) is 3.89. The molecule has 2 heterocycles. The second-order valence-electron chi connectivity index (χ2n) is 8.44. The number of rotatable bonds is 6. The number of nitrogens with zero attached hydrogens (tertiary/aromatic N) is 3. The van der Waals surface area contributed by atoms with E-state index < -0.39 is 0 Å². The third-order valence-corrected chi connectivity index (χ3v) is 5.88. The lowest BCUT2D eigenvalue weighted by atomic mass is 10.1. The molecule has 3 aromatic rings. The van der Waals surface area contributed by atoms with E-state index in [2.05, 4.69) is 34.3 Å². The lowest BCUT2D eigenvalue weighted by molar-refractivity contribution is -0.117. The number of pyridine rings is 1. The minimum absolute atomic E-state index is 0.00464. The Morgan fingerprint density at radius 3 is 2.47 bits per heavy atom. The van der Waals surface area contributed by atoms with Crippen molar-refractivity contribution < 1.29 is 9.18 Å². The maximum atomic E-state index is 13.1. The number of aromatic nitrogens is 1. The van der Waals surface area contributed by atoms with E-state index in [-0.39, 0.29) is 18.1 Å². The molecule has 1 N–H and O–H groups in total. The van der Waals surface area contributed by atoms with E-state index in [1.165, 1.54) is 17.7 Å². The Kier molecular flexibility index (Phi) is 6.93. The lowest BCUT2D eigenvalue weighted by Crippen LogP contribution is -2.48. The zero-order chi connectivity index (χ0) is 22.5. The number of anilines is 1. The maximum absolute atomic E-state index is 13.1. The van der Waals surface area contributed by atoms with Gasteiger partial charge in [-0.25, -0.2) is 4.39 Å². The molecule has 1 fully saturated rings. The van der Waals surface area contributed by atoms with E-state index in [9.17, 15) is 9.18 Å². The van der Waals surface area contributed by atoms with Gasteiger partial charge in [-0.15, -0.1) is 0 Å². The van der Waals surface area contributed by atoms with Gasteiger partial charge in [-0.2, -0.15) is 0 Å². The number of hydrogen-bond acceptors (Lipinski definition) is 4. The number of hydrogen-bond donors (Lipinski definition) is 1. The first-order valence-corrected chi connectivity index (χ1v) is 11.0. The molecule has 1 atom stereocenters. The molecule has 1 aliphatic heterocycles. The number of piperazine rings is 1. The summed E-state index contributed by atoms with van der Waals surface area (Å²) in [5.74, 6) is -0.268. The van der Waals surface area contributed by atoms with Crippen LogP contribution in [0.5, 0.6) is 0 Å². The van der Waals surface area contributed by atoms with Crippen LogP contribution < -0.4 is 10.2 Å². The van der Waals surface area contributed by atoms with Gasteiger partial charge in [0.05, 0.1) is 12.1 Å². The average Bonchev–Trinajstić information content (AvgIpc) is 2.80. The van der Waals surface area contributed by atoms with Gasteiger partial charge in [0.2, 0.25) is 5.91 Å². The summed E-state index contributed by atoms with van der Waals surface area (Å²) >= 11 is 0. The Hall–Kier alpha value is -3.09. The summed E-state index contributed by atoms with van der Waals surface area (Å²) in [4.78, 5) is 21.4. The first kappa shape index (κ1) is 22.1. The van der Waals surface area contributed by atoms with Gasteiger partial charge in [-0.05, 0) is 60.5 Å². The van der Waals surface area contributed by atoms with Gasteiger partial charge >= 0.3 is 0 Å². The summed E-state index contributed by atoms with van der Waals surface area (Å²) in [6.07, 6.45) is 1.98. The molecule has 2 aromatic carbocycles. The Balaban J connectivity index is 1.34. The fourth-order valence-corrected chi connectivity index (χ4v) is 4.00. The van der Waals surface area contributed by atoms with Crippen molar-refractivity contribution in [2.75, 3.05) is 31.6 Å². The van der Waals surface area contributed by atoms with Gasteiger partial charge in [-0.3, -0.25) is 14.7 Å². The third kappa shape index (κ3) is 5.58. The lowest BCUT2D eigenvalue weighted by Gasteiger charge is -2.31. The summed E-state index contributed by atoms with van der Waals surface area (Å²) in [6.45, 7) is 6.26. The highest BCUT2D eigenvalue weighted by Gasteiger charge is 2.16. The summed E-state index contributed by atoms with van der Waals surface area (Å²) in [5, 5.41) is 3.46. The van der Waals surface area contributed by atoms with Crippen molar-refractivity contribution in [3.05, 3.63) is 83.8 Å². The third-order valence-electron chi connectivity index (χ3n) is 5.88. The Bertz CT molecular complexity index is 1030. The van der Waals surface area contributed by atoms with Crippen molar-refractivity contribution in [3.8, 4) is 11.3 Å². The van der Waals surface area contributed by atoms with Crippen LogP contribution in [0.15, 0.2) is 66.9 Å². The van der Waals surface area contributed by atoms with Gasteiger partial charge in [0.1, 0.15) is 5.82 Å². The minimum atomic E-state index is -0.273. The van der Waals surface area contributed by atoms with Crippen molar-refractivity contribution in [1.29, 1.82) is 0 Å². The highest BCUT2D eigenvalue weighted by Crippen LogP contribution is 2.19. The van der Waals surface area contributed by atoms with Gasteiger partial charge in [0.25, 0.3) is 0 Å². The van der Waals surface area contributed by atoms with Crippen molar-refractivity contribution in [2.24, 2.45) is 0 Å². The molecule has 0 unspecified atom stereocenters. The SMILES string of the molecule is C[C@@H]1CN(Cc2ccc(N(C)C(=O)Cc3ccc(-c4ccc(F)cc4)nc3)cc2)CCN1. The molecular weight excluding hydrogens is 403 g/mol. The molecule has 4 rings (SSSR count). The fourth-order valence-electron chi connectivity index (χ4n) is 4.00. The Morgan fingerprint density at radius 1 is 1.09 bits per heavy atom. The fraction of sp³-hybridized carbons (Fsp3) is 0.308. The van der Waals surface area contributed by atoms with Gasteiger partial charge in [0, 0.05) is 56.7 Å². The van der Waals surface area contributed by atoms with Crippen LogP contribution in [0.1, 0.15) is 18.1 Å². The number of benzene rings is 2. The molecule has 0 bridgehead atoms. The van der Waals surface area contributed by atoms with E-state index in [4.69, 9.17) is 0 Å². The molecule has 0 saturated carbocycles. The largest absolute Gasteiger partial charge is 0.315 e. The number of likely N-dealkylation sites (N-methyl/N-ethyl adjacent to an activating group) is 1. The molecule has 6 heteroatoms. The number of amides is 1. The molecule has 0 spiro atoms. The van der Waals surface area contributed by atoms with Crippen molar-refractivity contribution in [2.45, 2.75) is 25.9 Å². The monoisotopic (exact) mass is 432 g/mol. The predicted molar refractivity (Wildman–Crippen MR) is 126 cm³/mol. The highest BCUT2D eigenvalue weighted by molar-refractivity contribution is 5.94. The second kappa shape index (κ2) is 10.0. The standard InChI is InChI=1S/C26H29FN4O/c1-19-17-31(14-13-28-19)18-20-3-10-24(11-4-20)30(2)26(32)15-21-5-12-25(29-16-21)22-6-8-23(27)9-7-22/h3-12,16,19,28H,13-15,17-18H2,1-2H3/t19-/m1/s1. The highest BCUT2D eigenvalue weighted by atomic mass is 19.1. The second-order valence-corrected chi connectivity index (χ2v) is 8.44. The summed E-state index contributed by atoms with van der Waals surface area (Å²) in [5.41, 5.74) is 4.57. The van der Waals surface area contributed by atoms with Crippen molar-refractivity contribution in [3.63, 3.8) is 0 Å². The summed E-state index contributed by atoms with van der Waals surface area (Å²) in [7, 11) is 1.80. The number of nitrogens with one attached hydrogen (secondary N) is 1. The zero-order valence-electron chi connectivity index (χ0n) is 18.6. The van der Waals surface area contributed by atoms with Gasteiger partial charge in [-0.1, -0.05) is 18.2 Å². The maximum Gasteiger partial charge on any atom is 0.231 e. The van der Waals surface area contributed by atoms with Crippen molar-refractivity contribution >= 4 is 11.6 Å². The van der Waals surface area contributed by atoms with Crippen LogP contribution in [0.3, 0.4) is 0 Å². The molecule has 1 aromatic heterocycles. The van der Waals surface area contributed by atoms with Crippen LogP contribution >= 0.6 is 0 Å².